The van der Waals surface area contributed by atoms with Crippen molar-refractivity contribution in [2.24, 2.45) is 5.73 Å². The van der Waals surface area contributed by atoms with Crippen LogP contribution in [0.2, 0.25) is 0 Å². The summed E-state index contributed by atoms with van der Waals surface area (Å²) in [6.07, 6.45) is 0. The Morgan fingerprint density at radius 1 is 1.38 bits per heavy atom. The fraction of sp³-hybridized carbons (Fsp3) is 0.333. The molecular formula is C9H9F2NS. The van der Waals surface area contributed by atoms with E-state index in [2.05, 4.69) is 0 Å². The van der Waals surface area contributed by atoms with E-state index in [4.69, 9.17) is 5.73 Å². The highest BCUT2D eigenvalue weighted by molar-refractivity contribution is 7.98. The van der Waals surface area contributed by atoms with Crippen molar-refractivity contribution in [3.05, 3.63) is 34.9 Å². The van der Waals surface area contributed by atoms with Crippen LogP contribution in [0.3, 0.4) is 0 Å². The van der Waals surface area contributed by atoms with E-state index in [0.29, 0.717) is 11.3 Å². The van der Waals surface area contributed by atoms with Gasteiger partial charge in [-0.1, -0.05) is 6.07 Å². The van der Waals surface area contributed by atoms with Gasteiger partial charge in [-0.25, -0.2) is 8.78 Å². The Kier molecular flexibility index (Phi) is 2.26. The molecule has 1 aromatic rings. The maximum atomic E-state index is 13.2. The van der Waals surface area contributed by atoms with E-state index in [0.717, 1.165) is 17.4 Å². The summed E-state index contributed by atoms with van der Waals surface area (Å²) in [5.74, 6) is -0.223. The van der Waals surface area contributed by atoms with Gasteiger partial charge in [0, 0.05) is 23.1 Å². The Balaban J connectivity index is 2.56. The van der Waals surface area contributed by atoms with Crippen LogP contribution in [0.25, 0.3) is 0 Å². The topological polar surface area (TPSA) is 26.0 Å². The van der Waals surface area contributed by atoms with Crippen molar-refractivity contribution < 1.29 is 8.78 Å². The van der Waals surface area contributed by atoms with Crippen molar-refractivity contribution in [1.29, 1.82) is 0 Å². The third kappa shape index (κ3) is 1.44. The lowest BCUT2D eigenvalue weighted by molar-refractivity contribution is 0.498. The summed E-state index contributed by atoms with van der Waals surface area (Å²) in [6.45, 7) is 0. The molecule has 0 unspecified atom stereocenters. The van der Waals surface area contributed by atoms with Gasteiger partial charge >= 0.3 is 0 Å². The molecular weight excluding hydrogens is 192 g/mol. The second-order valence-electron chi connectivity index (χ2n) is 3.05. The van der Waals surface area contributed by atoms with Gasteiger partial charge in [0.1, 0.15) is 0 Å². The van der Waals surface area contributed by atoms with Crippen molar-refractivity contribution >= 4 is 11.8 Å². The average molecular weight is 201 g/mol. The number of benzene rings is 1. The lowest BCUT2D eigenvalue weighted by Crippen LogP contribution is -2.20. The molecule has 0 aromatic heterocycles. The summed E-state index contributed by atoms with van der Waals surface area (Å²) in [7, 11) is 0. The molecule has 0 fully saturated rings. The Morgan fingerprint density at radius 3 is 2.92 bits per heavy atom. The van der Waals surface area contributed by atoms with Gasteiger partial charge in [0.15, 0.2) is 11.6 Å². The fourth-order valence-corrected chi connectivity index (χ4v) is 2.53. The predicted octanol–water partition coefficient (Wildman–Crippen LogP) is 2.21. The number of nitrogens with two attached hydrogens (primary N) is 1. The zero-order chi connectivity index (χ0) is 9.42. The SMILES string of the molecule is N[C@@H]1CSCc2c1ccc(F)c2F. The Labute approximate surface area is 79.3 Å². The molecule has 70 valence electrons. The van der Waals surface area contributed by atoms with Crippen LogP contribution < -0.4 is 5.73 Å². The van der Waals surface area contributed by atoms with E-state index in [1.807, 2.05) is 0 Å². The molecule has 2 rings (SSSR count). The summed E-state index contributed by atoms with van der Waals surface area (Å²) in [5.41, 5.74) is 6.94. The third-order valence-electron chi connectivity index (χ3n) is 2.18. The van der Waals surface area contributed by atoms with Gasteiger partial charge in [0.05, 0.1) is 0 Å². The van der Waals surface area contributed by atoms with Crippen LogP contribution in [-0.4, -0.2) is 5.75 Å². The minimum atomic E-state index is -0.784. The first-order valence-corrected chi connectivity index (χ1v) is 5.15. The normalized spacial score (nSPS) is 21.3. The number of halogens is 2. The van der Waals surface area contributed by atoms with Crippen molar-refractivity contribution in [2.75, 3.05) is 5.75 Å². The van der Waals surface area contributed by atoms with Gasteiger partial charge < -0.3 is 5.73 Å². The van der Waals surface area contributed by atoms with Gasteiger partial charge in [-0.05, 0) is 11.6 Å². The maximum absolute atomic E-state index is 13.2. The molecule has 1 nitrogen and oxygen atoms in total. The van der Waals surface area contributed by atoms with Crippen LogP contribution in [0.4, 0.5) is 8.78 Å². The zero-order valence-corrected chi connectivity index (χ0v) is 7.70. The molecule has 0 radical (unpaired) electrons. The number of thioether (sulfide) groups is 1. The molecule has 0 saturated carbocycles. The van der Waals surface area contributed by atoms with Gasteiger partial charge in [-0.15, -0.1) is 0 Å². The van der Waals surface area contributed by atoms with E-state index < -0.39 is 11.6 Å². The number of hydrogen-bond donors (Lipinski definition) is 1. The molecule has 1 aliphatic rings. The molecule has 1 aromatic carbocycles. The summed E-state index contributed by atoms with van der Waals surface area (Å²) < 4.78 is 26.0. The van der Waals surface area contributed by atoms with Crippen molar-refractivity contribution in [2.45, 2.75) is 11.8 Å². The smallest absolute Gasteiger partial charge is 0.163 e. The number of fused-ring (bicyclic) bond motifs is 1. The Bertz CT molecular complexity index is 341. The molecule has 0 spiro atoms. The first-order valence-electron chi connectivity index (χ1n) is 4.00. The molecule has 1 aliphatic heterocycles. The first-order chi connectivity index (χ1) is 6.20. The largest absolute Gasteiger partial charge is 0.323 e. The highest BCUT2D eigenvalue weighted by Gasteiger charge is 2.21. The van der Waals surface area contributed by atoms with Gasteiger partial charge in [-0.3, -0.25) is 0 Å². The average Bonchev–Trinajstić information content (AvgIpc) is 2.12. The molecule has 0 bridgehead atoms. The minimum Gasteiger partial charge on any atom is -0.323 e. The molecule has 1 atom stereocenters. The molecule has 13 heavy (non-hydrogen) atoms. The highest BCUT2D eigenvalue weighted by atomic mass is 32.2. The summed E-state index contributed by atoms with van der Waals surface area (Å²) in [5, 5.41) is 0. The van der Waals surface area contributed by atoms with E-state index >= 15 is 0 Å². The predicted molar refractivity (Wildman–Crippen MR) is 49.4 cm³/mol. The molecule has 0 amide bonds. The van der Waals surface area contributed by atoms with Crippen LogP contribution in [0.15, 0.2) is 12.1 Å². The van der Waals surface area contributed by atoms with Crippen LogP contribution in [0.5, 0.6) is 0 Å². The molecule has 0 saturated heterocycles. The molecule has 4 heteroatoms. The lowest BCUT2D eigenvalue weighted by Gasteiger charge is -2.22. The van der Waals surface area contributed by atoms with Gasteiger partial charge in [0.25, 0.3) is 0 Å². The first kappa shape index (κ1) is 8.97. The number of hydrogen-bond acceptors (Lipinski definition) is 2. The second kappa shape index (κ2) is 3.27. The maximum Gasteiger partial charge on any atom is 0.163 e. The number of rotatable bonds is 0. The fourth-order valence-electron chi connectivity index (χ4n) is 1.48. The van der Waals surface area contributed by atoms with Crippen LogP contribution >= 0.6 is 11.8 Å². The van der Waals surface area contributed by atoms with Crippen LogP contribution in [-0.2, 0) is 5.75 Å². The summed E-state index contributed by atoms with van der Waals surface area (Å²) in [4.78, 5) is 0. The van der Waals surface area contributed by atoms with Crippen molar-refractivity contribution in [1.82, 2.24) is 0 Å². The Hall–Kier alpha value is -0.610. The molecule has 2 N–H and O–H groups in total. The molecule has 1 heterocycles. The van der Waals surface area contributed by atoms with Crippen molar-refractivity contribution in [3.8, 4) is 0 Å². The third-order valence-corrected chi connectivity index (χ3v) is 3.26. The van der Waals surface area contributed by atoms with E-state index in [-0.39, 0.29) is 6.04 Å². The highest BCUT2D eigenvalue weighted by Crippen LogP contribution is 2.32. The van der Waals surface area contributed by atoms with E-state index in [1.165, 1.54) is 11.8 Å². The van der Waals surface area contributed by atoms with E-state index in [9.17, 15) is 8.78 Å². The van der Waals surface area contributed by atoms with Crippen LogP contribution in [0.1, 0.15) is 17.2 Å². The second-order valence-corrected chi connectivity index (χ2v) is 4.08. The van der Waals surface area contributed by atoms with Crippen molar-refractivity contribution in [3.63, 3.8) is 0 Å². The van der Waals surface area contributed by atoms with Gasteiger partial charge in [-0.2, -0.15) is 11.8 Å². The zero-order valence-electron chi connectivity index (χ0n) is 6.89. The van der Waals surface area contributed by atoms with Gasteiger partial charge in [0.2, 0.25) is 0 Å². The summed E-state index contributed by atoms with van der Waals surface area (Å²) in [6, 6.07) is 2.56. The lowest BCUT2D eigenvalue weighted by atomic mass is 10.0. The monoisotopic (exact) mass is 201 g/mol. The van der Waals surface area contributed by atoms with E-state index in [1.54, 1.807) is 6.07 Å². The minimum absolute atomic E-state index is 0.163. The van der Waals surface area contributed by atoms with Crippen LogP contribution in [0, 0.1) is 11.6 Å². The molecule has 0 aliphatic carbocycles. The standard InChI is InChI=1S/C9H9F2NS/c10-7-2-1-5-6(9(7)11)3-13-4-8(5)12/h1-2,8H,3-4,12H2/t8-/m1/s1. The quantitative estimate of drug-likeness (QED) is 0.696. The Morgan fingerprint density at radius 2 is 2.15 bits per heavy atom. The summed E-state index contributed by atoms with van der Waals surface area (Å²) >= 11 is 1.54.